The maximum atomic E-state index is 13.5. The van der Waals surface area contributed by atoms with Crippen molar-refractivity contribution >= 4 is 6.09 Å². The van der Waals surface area contributed by atoms with Gasteiger partial charge in [0.15, 0.2) is 11.6 Å². The number of piperidine rings is 1. The van der Waals surface area contributed by atoms with Gasteiger partial charge in [-0.2, -0.15) is 0 Å². The zero-order valence-electron chi connectivity index (χ0n) is 13.7. The van der Waals surface area contributed by atoms with Gasteiger partial charge in [0.2, 0.25) is 0 Å². The molecule has 1 aliphatic heterocycles. The van der Waals surface area contributed by atoms with E-state index in [1.165, 1.54) is 13.2 Å². The summed E-state index contributed by atoms with van der Waals surface area (Å²) >= 11 is 0. The molecule has 1 fully saturated rings. The lowest BCUT2D eigenvalue weighted by molar-refractivity contribution is 0.0205. The summed E-state index contributed by atoms with van der Waals surface area (Å²) in [5.41, 5.74) is 0.584. The summed E-state index contributed by atoms with van der Waals surface area (Å²) in [5, 5.41) is 0. The second-order valence-corrected chi connectivity index (χ2v) is 6.64. The van der Waals surface area contributed by atoms with E-state index in [-0.39, 0.29) is 17.7 Å². The molecule has 22 heavy (non-hydrogen) atoms. The topological polar surface area (TPSA) is 38.8 Å². The monoisotopic (exact) mass is 309 g/mol. The fraction of sp³-hybridized carbons (Fsp3) is 0.588. The summed E-state index contributed by atoms with van der Waals surface area (Å²) in [7, 11) is 1.47. The Hall–Kier alpha value is -1.78. The Morgan fingerprint density at radius 2 is 1.91 bits per heavy atom. The fourth-order valence-corrected chi connectivity index (χ4v) is 2.65. The highest BCUT2D eigenvalue weighted by molar-refractivity contribution is 5.68. The van der Waals surface area contributed by atoms with Crippen molar-refractivity contribution in [3.05, 3.63) is 29.6 Å². The average molecular weight is 309 g/mol. The number of likely N-dealkylation sites (tertiary alicyclic amines) is 1. The molecule has 0 saturated carbocycles. The van der Waals surface area contributed by atoms with Crippen molar-refractivity contribution in [3.63, 3.8) is 0 Å². The largest absolute Gasteiger partial charge is 0.494 e. The number of amides is 1. The molecule has 1 aromatic carbocycles. The highest BCUT2D eigenvalue weighted by Gasteiger charge is 2.27. The van der Waals surface area contributed by atoms with Gasteiger partial charge in [0.25, 0.3) is 0 Å². The molecule has 0 atom stereocenters. The van der Waals surface area contributed by atoms with Crippen molar-refractivity contribution in [1.29, 1.82) is 0 Å². The smallest absolute Gasteiger partial charge is 0.410 e. The number of nitrogens with zero attached hydrogens (tertiary/aromatic N) is 1. The van der Waals surface area contributed by atoms with Gasteiger partial charge in [0.1, 0.15) is 5.60 Å². The van der Waals surface area contributed by atoms with Crippen LogP contribution < -0.4 is 4.74 Å². The van der Waals surface area contributed by atoms with Gasteiger partial charge in [-0.05, 0) is 57.2 Å². The number of carbonyl (C=O) groups is 1. The van der Waals surface area contributed by atoms with Crippen molar-refractivity contribution in [3.8, 4) is 5.75 Å². The highest BCUT2D eigenvalue weighted by Crippen LogP contribution is 2.31. The van der Waals surface area contributed by atoms with Gasteiger partial charge in [0.05, 0.1) is 7.11 Å². The van der Waals surface area contributed by atoms with E-state index in [9.17, 15) is 9.18 Å². The van der Waals surface area contributed by atoms with Gasteiger partial charge in [-0.25, -0.2) is 9.18 Å². The minimum absolute atomic E-state index is 0.261. The van der Waals surface area contributed by atoms with Crippen molar-refractivity contribution in [1.82, 2.24) is 4.90 Å². The minimum Gasteiger partial charge on any atom is -0.494 e. The van der Waals surface area contributed by atoms with Crippen molar-refractivity contribution in [2.24, 2.45) is 0 Å². The minimum atomic E-state index is -0.474. The first-order valence-corrected chi connectivity index (χ1v) is 7.61. The predicted molar refractivity (Wildman–Crippen MR) is 82.7 cm³/mol. The predicted octanol–water partition coefficient (Wildman–Crippen LogP) is 3.95. The van der Waals surface area contributed by atoms with Crippen LogP contribution in [0.2, 0.25) is 0 Å². The maximum absolute atomic E-state index is 13.5. The fourth-order valence-electron chi connectivity index (χ4n) is 2.65. The van der Waals surface area contributed by atoms with E-state index in [0.717, 1.165) is 18.4 Å². The first-order chi connectivity index (χ1) is 10.3. The molecule has 5 heteroatoms. The summed E-state index contributed by atoms with van der Waals surface area (Å²) in [5.74, 6) is 0.234. The summed E-state index contributed by atoms with van der Waals surface area (Å²) in [6.07, 6.45) is 1.42. The third kappa shape index (κ3) is 4.12. The summed E-state index contributed by atoms with van der Waals surface area (Å²) in [4.78, 5) is 13.8. The molecule has 0 bridgehead atoms. The van der Waals surface area contributed by atoms with Crippen molar-refractivity contribution in [2.45, 2.75) is 45.1 Å². The van der Waals surface area contributed by atoms with Crippen LogP contribution in [0.3, 0.4) is 0 Å². The zero-order chi connectivity index (χ0) is 16.3. The first kappa shape index (κ1) is 16.6. The van der Waals surface area contributed by atoms with E-state index in [0.29, 0.717) is 19.0 Å². The summed E-state index contributed by atoms with van der Waals surface area (Å²) in [6.45, 7) is 6.89. The lowest BCUT2D eigenvalue weighted by Crippen LogP contribution is -2.41. The molecular weight excluding hydrogens is 285 g/mol. The van der Waals surface area contributed by atoms with Crippen LogP contribution in [-0.4, -0.2) is 36.8 Å². The molecule has 0 radical (unpaired) electrons. The van der Waals surface area contributed by atoms with Crippen LogP contribution >= 0.6 is 0 Å². The third-order valence-electron chi connectivity index (χ3n) is 3.79. The number of carbonyl (C=O) groups excluding carboxylic acids is 1. The lowest BCUT2D eigenvalue weighted by Gasteiger charge is -2.33. The average Bonchev–Trinajstić information content (AvgIpc) is 2.46. The van der Waals surface area contributed by atoms with E-state index < -0.39 is 5.60 Å². The second-order valence-electron chi connectivity index (χ2n) is 6.64. The van der Waals surface area contributed by atoms with E-state index in [1.807, 2.05) is 20.8 Å². The van der Waals surface area contributed by atoms with Crippen LogP contribution in [0.1, 0.15) is 45.1 Å². The molecule has 4 nitrogen and oxygen atoms in total. The molecule has 0 aromatic heterocycles. The number of halogens is 1. The van der Waals surface area contributed by atoms with Crippen molar-refractivity contribution in [2.75, 3.05) is 20.2 Å². The van der Waals surface area contributed by atoms with Crippen LogP contribution in [-0.2, 0) is 4.74 Å². The van der Waals surface area contributed by atoms with E-state index in [4.69, 9.17) is 9.47 Å². The SMILES string of the molecule is COc1cc(C2CCN(C(=O)OC(C)(C)C)CC2)ccc1F. The lowest BCUT2D eigenvalue weighted by atomic mass is 9.89. The van der Waals surface area contributed by atoms with E-state index in [2.05, 4.69) is 0 Å². The van der Waals surface area contributed by atoms with Gasteiger partial charge in [-0.15, -0.1) is 0 Å². The molecular formula is C17H24FNO3. The molecule has 122 valence electrons. The van der Waals surface area contributed by atoms with Crippen LogP contribution in [0.15, 0.2) is 18.2 Å². The molecule has 1 aromatic rings. The van der Waals surface area contributed by atoms with Gasteiger partial charge in [-0.3, -0.25) is 0 Å². The van der Waals surface area contributed by atoms with E-state index >= 15 is 0 Å². The van der Waals surface area contributed by atoms with Gasteiger partial charge >= 0.3 is 6.09 Å². The van der Waals surface area contributed by atoms with Crippen LogP contribution in [0.25, 0.3) is 0 Å². The molecule has 1 amide bonds. The molecule has 1 saturated heterocycles. The number of benzene rings is 1. The molecule has 0 N–H and O–H groups in total. The highest BCUT2D eigenvalue weighted by atomic mass is 19.1. The number of hydrogen-bond acceptors (Lipinski definition) is 3. The van der Waals surface area contributed by atoms with Crippen molar-refractivity contribution < 1.29 is 18.7 Å². The van der Waals surface area contributed by atoms with E-state index in [1.54, 1.807) is 17.0 Å². The Morgan fingerprint density at radius 1 is 1.27 bits per heavy atom. The number of ether oxygens (including phenoxy) is 2. The molecule has 0 unspecified atom stereocenters. The Morgan fingerprint density at radius 3 is 2.45 bits per heavy atom. The van der Waals surface area contributed by atoms with Gasteiger partial charge in [0, 0.05) is 13.1 Å². The normalized spacial score (nSPS) is 16.5. The third-order valence-corrected chi connectivity index (χ3v) is 3.79. The quantitative estimate of drug-likeness (QED) is 0.830. The molecule has 0 aliphatic carbocycles. The molecule has 0 spiro atoms. The van der Waals surface area contributed by atoms with Gasteiger partial charge < -0.3 is 14.4 Å². The van der Waals surface area contributed by atoms with Gasteiger partial charge in [-0.1, -0.05) is 6.07 Å². The van der Waals surface area contributed by atoms with Crippen LogP contribution in [0, 0.1) is 5.82 Å². The number of methoxy groups -OCH3 is 1. The first-order valence-electron chi connectivity index (χ1n) is 7.61. The zero-order valence-corrected chi connectivity index (χ0v) is 13.7. The number of hydrogen-bond donors (Lipinski definition) is 0. The van der Waals surface area contributed by atoms with Crippen LogP contribution in [0.4, 0.5) is 9.18 Å². The Kier molecular flexibility index (Phi) is 4.94. The Balaban J connectivity index is 1.96. The number of rotatable bonds is 2. The molecule has 2 rings (SSSR count). The Bertz CT molecular complexity index is 531. The molecule has 1 aliphatic rings. The summed E-state index contributed by atoms with van der Waals surface area (Å²) < 4.78 is 23.9. The summed E-state index contributed by atoms with van der Waals surface area (Å²) in [6, 6.07) is 4.99. The maximum Gasteiger partial charge on any atom is 0.410 e. The Labute approximate surface area is 131 Å². The van der Waals surface area contributed by atoms with Crippen LogP contribution in [0.5, 0.6) is 5.75 Å². The molecule has 1 heterocycles. The standard InChI is InChI=1S/C17H24FNO3/c1-17(2,3)22-16(20)19-9-7-12(8-10-19)13-5-6-14(18)15(11-13)21-4/h5-6,11-12H,7-10H2,1-4H3. The second kappa shape index (κ2) is 6.55.